The van der Waals surface area contributed by atoms with Crippen molar-refractivity contribution < 1.29 is 9.53 Å². The van der Waals surface area contributed by atoms with Gasteiger partial charge in [-0.3, -0.25) is 9.69 Å². The van der Waals surface area contributed by atoms with Gasteiger partial charge in [0.15, 0.2) is 5.75 Å². The zero-order chi connectivity index (χ0) is 19.4. The van der Waals surface area contributed by atoms with Crippen LogP contribution in [0.15, 0.2) is 42.5 Å². The molecule has 2 aromatic carbocycles. The summed E-state index contributed by atoms with van der Waals surface area (Å²) < 4.78 is 5.33. The number of hydrogen-bond donors (Lipinski definition) is 0. The predicted molar refractivity (Wildman–Crippen MR) is 110 cm³/mol. The van der Waals surface area contributed by atoms with Crippen LogP contribution in [0, 0.1) is 0 Å². The number of halogens is 2. The Hall–Kier alpha value is -1.75. The lowest BCUT2D eigenvalue weighted by Crippen LogP contribution is -2.54. The minimum absolute atomic E-state index is 0.131. The molecular weight excluding hydrogens is 383 g/mol. The minimum Gasteiger partial charge on any atom is -0.494 e. The van der Waals surface area contributed by atoms with Gasteiger partial charge in [0.25, 0.3) is 5.91 Å². The fourth-order valence-corrected chi connectivity index (χ4v) is 3.98. The summed E-state index contributed by atoms with van der Waals surface area (Å²) in [4.78, 5) is 17.3. The van der Waals surface area contributed by atoms with E-state index in [1.807, 2.05) is 11.0 Å². The van der Waals surface area contributed by atoms with E-state index in [2.05, 4.69) is 36.1 Å². The molecule has 0 bridgehead atoms. The summed E-state index contributed by atoms with van der Waals surface area (Å²) in [6.07, 6.45) is 1.01. The SMILES string of the molecule is COc1c(Cl)ccc(Cl)c1C(=O)N1CCN(CCc2ccccc2)C(C)C1. The molecule has 1 saturated heterocycles. The molecule has 1 unspecified atom stereocenters. The highest BCUT2D eigenvalue weighted by atomic mass is 35.5. The second-order valence-electron chi connectivity index (χ2n) is 6.81. The van der Waals surface area contributed by atoms with Gasteiger partial charge < -0.3 is 9.64 Å². The monoisotopic (exact) mass is 406 g/mol. The van der Waals surface area contributed by atoms with Crippen molar-refractivity contribution in [1.82, 2.24) is 9.80 Å². The van der Waals surface area contributed by atoms with Gasteiger partial charge in [-0.2, -0.15) is 0 Å². The third-order valence-electron chi connectivity index (χ3n) is 5.06. The maximum atomic E-state index is 13.1. The lowest BCUT2D eigenvalue weighted by molar-refractivity contribution is 0.0515. The fraction of sp³-hybridized carbons (Fsp3) is 0.381. The third-order valence-corrected chi connectivity index (χ3v) is 5.67. The van der Waals surface area contributed by atoms with Crippen molar-refractivity contribution in [3.63, 3.8) is 0 Å². The number of rotatable bonds is 5. The van der Waals surface area contributed by atoms with Crippen LogP contribution < -0.4 is 4.74 Å². The number of carbonyl (C=O) groups is 1. The van der Waals surface area contributed by atoms with Crippen LogP contribution in [-0.2, 0) is 6.42 Å². The van der Waals surface area contributed by atoms with Crippen molar-refractivity contribution in [3.05, 3.63) is 63.6 Å². The summed E-state index contributed by atoms with van der Waals surface area (Å²) >= 11 is 12.5. The Morgan fingerprint density at radius 3 is 2.48 bits per heavy atom. The Morgan fingerprint density at radius 1 is 1.11 bits per heavy atom. The van der Waals surface area contributed by atoms with Crippen LogP contribution in [0.4, 0.5) is 0 Å². The molecule has 1 fully saturated rings. The van der Waals surface area contributed by atoms with Gasteiger partial charge in [0.1, 0.15) is 5.56 Å². The van der Waals surface area contributed by atoms with Crippen LogP contribution in [0.3, 0.4) is 0 Å². The average molecular weight is 407 g/mol. The third kappa shape index (κ3) is 4.57. The second kappa shape index (κ2) is 8.96. The summed E-state index contributed by atoms with van der Waals surface area (Å²) in [6.45, 7) is 5.28. The predicted octanol–water partition coefficient (Wildman–Crippen LogP) is 4.39. The number of amides is 1. The molecule has 27 heavy (non-hydrogen) atoms. The standard InChI is InChI=1S/C21H24Cl2N2O2/c1-15-14-25(13-12-24(15)11-10-16-6-4-3-5-7-16)21(26)19-17(22)8-9-18(23)20(19)27-2/h3-9,15H,10-14H2,1-2H3. The van der Waals surface area contributed by atoms with Crippen LogP contribution in [-0.4, -0.2) is 55.0 Å². The molecule has 4 nitrogen and oxygen atoms in total. The molecule has 1 amide bonds. The molecular formula is C21H24Cl2N2O2. The highest BCUT2D eigenvalue weighted by Crippen LogP contribution is 2.35. The first-order valence-corrected chi connectivity index (χ1v) is 9.86. The molecule has 144 valence electrons. The van der Waals surface area contributed by atoms with Gasteiger partial charge in [-0.05, 0) is 31.0 Å². The van der Waals surface area contributed by atoms with Crippen molar-refractivity contribution in [3.8, 4) is 5.75 Å². The molecule has 0 spiro atoms. The zero-order valence-electron chi connectivity index (χ0n) is 15.6. The van der Waals surface area contributed by atoms with Gasteiger partial charge >= 0.3 is 0 Å². The zero-order valence-corrected chi connectivity index (χ0v) is 17.1. The van der Waals surface area contributed by atoms with Gasteiger partial charge in [-0.15, -0.1) is 0 Å². The molecule has 6 heteroatoms. The maximum absolute atomic E-state index is 13.1. The largest absolute Gasteiger partial charge is 0.494 e. The van der Waals surface area contributed by atoms with E-state index < -0.39 is 0 Å². The maximum Gasteiger partial charge on any atom is 0.259 e. The normalized spacial score (nSPS) is 17.8. The second-order valence-corrected chi connectivity index (χ2v) is 7.62. The van der Waals surface area contributed by atoms with Gasteiger partial charge in [0.05, 0.1) is 17.2 Å². The van der Waals surface area contributed by atoms with E-state index in [4.69, 9.17) is 27.9 Å². The lowest BCUT2D eigenvalue weighted by atomic mass is 10.1. The molecule has 2 aromatic rings. The summed E-state index contributed by atoms with van der Waals surface area (Å²) in [5.74, 6) is 0.210. The van der Waals surface area contributed by atoms with E-state index in [1.54, 1.807) is 12.1 Å². The first kappa shape index (κ1) is 20.0. The van der Waals surface area contributed by atoms with Crippen LogP contribution in [0.1, 0.15) is 22.8 Å². The minimum atomic E-state index is -0.131. The fourth-order valence-electron chi connectivity index (χ4n) is 3.52. The van der Waals surface area contributed by atoms with Crippen LogP contribution in [0.25, 0.3) is 0 Å². The Kier molecular flexibility index (Phi) is 6.64. The number of carbonyl (C=O) groups excluding carboxylic acids is 1. The van der Waals surface area contributed by atoms with E-state index in [0.717, 1.165) is 19.5 Å². The number of piperazine rings is 1. The molecule has 0 N–H and O–H groups in total. The van der Waals surface area contributed by atoms with Crippen molar-refractivity contribution in [2.24, 2.45) is 0 Å². The first-order valence-electron chi connectivity index (χ1n) is 9.10. The number of benzene rings is 2. The Bertz CT molecular complexity index is 798. The van der Waals surface area contributed by atoms with Crippen LogP contribution >= 0.6 is 23.2 Å². The molecule has 1 aliphatic rings. The smallest absolute Gasteiger partial charge is 0.259 e. The van der Waals surface area contributed by atoms with Gasteiger partial charge in [-0.1, -0.05) is 53.5 Å². The summed E-state index contributed by atoms with van der Waals surface area (Å²) in [5, 5.41) is 0.750. The lowest BCUT2D eigenvalue weighted by Gasteiger charge is -2.40. The molecule has 0 aromatic heterocycles. The molecule has 3 rings (SSSR count). The van der Waals surface area contributed by atoms with Crippen LogP contribution in [0.2, 0.25) is 10.0 Å². The van der Waals surface area contributed by atoms with Crippen molar-refractivity contribution in [2.45, 2.75) is 19.4 Å². The van der Waals surface area contributed by atoms with E-state index >= 15 is 0 Å². The van der Waals surface area contributed by atoms with E-state index in [0.29, 0.717) is 34.4 Å². The van der Waals surface area contributed by atoms with Gasteiger partial charge in [0.2, 0.25) is 0 Å². The Morgan fingerprint density at radius 2 is 1.81 bits per heavy atom. The topological polar surface area (TPSA) is 32.8 Å². The highest BCUT2D eigenvalue weighted by Gasteiger charge is 2.30. The quantitative estimate of drug-likeness (QED) is 0.737. The van der Waals surface area contributed by atoms with Gasteiger partial charge in [0, 0.05) is 32.2 Å². The molecule has 1 atom stereocenters. The number of ether oxygens (including phenoxy) is 1. The van der Waals surface area contributed by atoms with Gasteiger partial charge in [-0.25, -0.2) is 0 Å². The van der Waals surface area contributed by atoms with Crippen LogP contribution in [0.5, 0.6) is 5.75 Å². The Labute approximate surface area is 170 Å². The van der Waals surface area contributed by atoms with E-state index in [-0.39, 0.29) is 11.9 Å². The van der Waals surface area contributed by atoms with Crippen molar-refractivity contribution in [1.29, 1.82) is 0 Å². The average Bonchev–Trinajstić information content (AvgIpc) is 2.68. The molecule has 0 aliphatic carbocycles. The number of nitrogens with zero attached hydrogens (tertiary/aromatic N) is 2. The molecule has 1 aliphatic heterocycles. The highest BCUT2D eigenvalue weighted by molar-refractivity contribution is 6.37. The first-order chi connectivity index (χ1) is 13.0. The Balaban J connectivity index is 1.66. The molecule has 0 radical (unpaired) electrons. The summed E-state index contributed by atoms with van der Waals surface area (Å²) in [5.41, 5.74) is 1.68. The molecule has 1 heterocycles. The molecule has 0 saturated carbocycles. The number of hydrogen-bond acceptors (Lipinski definition) is 3. The number of methoxy groups -OCH3 is 1. The summed E-state index contributed by atoms with van der Waals surface area (Å²) in [7, 11) is 1.50. The van der Waals surface area contributed by atoms with E-state index in [9.17, 15) is 4.79 Å². The summed E-state index contributed by atoms with van der Waals surface area (Å²) in [6, 6.07) is 14.0. The van der Waals surface area contributed by atoms with E-state index in [1.165, 1.54) is 12.7 Å². The van der Waals surface area contributed by atoms with Crippen molar-refractivity contribution >= 4 is 29.1 Å². The van der Waals surface area contributed by atoms with Crippen molar-refractivity contribution in [2.75, 3.05) is 33.3 Å².